The van der Waals surface area contributed by atoms with E-state index in [0.29, 0.717) is 6.54 Å². The van der Waals surface area contributed by atoms with Crippen molar-refractivity contribution in [3.8, 4) is 0 Å². The summed E-state index contributed by atoms with van der Waals surface area (Å²) in [5.74, 6) is 0.549. The number of piperidine rings is 1. The molecule has 5 heteroatoms. The number of carbonyl (C=O) groups excluding carboxylic acids is 1. The number of amides is 1. The smallest absolute Gasteiger partial charge is 0.407 e. The normalized spacial score (nSPS) is 25.4. The van der Waals surface area contributed by atoms with E-state index in [9.17, 15) is 9.90 Å². The first-order valence-electron chi connectivity index (χ1n) is 6.21. The summed E-state index contributed by atoms with van der Waals surface area (Å²) < 4.78 is 5.16. The zero-order chi connectivity index (χ0) is 12.9. The predicted molar refractivity (Wildman–Crippen MR) is 65.8 cm³/mol. The van der Waals surface area contributed by atoms with Crippen molar-refractivity contribution in [3.05, 3.63) is 0 Å². The van der Waals surface area contributed by atoms with Crippen LogP contribution in [0.3, 0.4) is 0 Å². The first-order chi connectivity index (χ1) is 7.92. The van der Waals surface area contributed by atoms with Gasteiger partial charge in [0.05, 0.1) is 0 Å². The van der Waals surface area contributed by atoms with Gasteiger partial charge in [-0.3, -0.25) is 0 Å². The first kappa shape index (κ1) is 14.3. The lowest BCUT2D eigenvalue weighted by molar-refractivity contribution is 0.0498. The number of aliphatic hydroxyl groups excluding tert-OH is 1. The van der Waals surface area contributed by atoms with Crippen molar-refractivity contribution in [3.63, 3.8) is 0 Å². The van der Waals surface area contributed by atoms with E-state index in [4.69, 9.17) is 4.74 Å². The zero-order valence-corrected chi connectivity index (χ0v) is 11.0. The Balaban J connectivity index is 2.31. The Labute approximate surface area is 103 Å². The summed E-state index contributed by atoms with van der Waals surface area (Å²) in [6.45, 7) is 8.02. The SMILES string of the molecule is CC(C)(C)OC(=O)NC[C@@H]1CNCC[C@H]1CO. The monoisotopic (exact) mass is 244 g/mol. The van der Waals surface area contributed by atoms with Crippen LogP contribution >= 0.6 is 0 Å². The van der Waals surface area contributed by atoms with E-state index in [1.54, 1.807) is 0 Å². The number of aliphatic hydroxyl groups is 1. The van der Waals surface area contributed by atoms with Gasteiger partial charge < -0.3 is 20.5 Å². The van der Waals surface area contributed by atoms with Crippen LogP contribution in [0.5, 0.6) is 0 Å². The molecule has 1 aliphatic rings. The molecule has 0 saturated carbocycles. The van der Waals surface area contributed by atoms with Gasteiger partial charge in [0.15, 0.2) is 0 Å². The van der Waals surface area contributed by atoms with Crippen LogP contribution in [-0.2, 0) is 4.74 Å². The first-order valence-corrected chi connectivity index (χ1v) is 6.21. The molecule has 5 nitrogen and oxygen atoms in total. The van der Waals surface area contributed by atoms with Gasteiger partial charge in [-0.05, 0) is 52.1 Å². The third-order valence-corrected chi connectivity index (χ3v) is 2.91. The molecular weight excluding hydrogens is 220 g/mol. The third kappa shape index (κ3) is 5.37. The molecule has 2 atom stereocenters. The van der Waals surface area contributed by atoms with Crippen LogP contribution in [0.25, 0.3) is 0 Å². The Morgan fingerprint density at radius 1 is 1.47 bits per heavy atom. The van der Waals surface area contributed by atoms with Gasteiger partial charge in [-0.15, -0.1) is 0 Å². The highest BCUT2D eigenvalue weighted by molar-refractivity contribution is 5.67. The fourth-order valence-corrected chi connectivity index (χ4v) is 1.99. The summed E-state index contributed by atoms with van der Waals surface area (Å²) in [6.07, 6.45) is 0.566. The van der Waals surface area contributed by atoms with E-state index in [1.165, 1.54) is 0 Å². The van der Waals surface area contributed by atoms with Gasteiger partial charge >= 0.3 is 6.09 Å². The summed E-state index contributed by atoms with van der Waals surface area (Å²) in [6, 6.07) is 0. The minimum absolute atomic E-state index is 0.183. The van der Waals surface area contributed by atoms with E-state index in [2.05, 4.69) is 10.6 Å². The molecular formula is C12H24N2O3. The predicted octanol–water partition coefficient (Wildman–Crippen LogP) is 0.729. The molecule has 0 spiro atoms. The van der Waals surface area contributed by atoms with Crippen molar-refractivity contribution in [2.24, 2.45) is 11.8 Å². The number of hydrogen-bond donors (Lipinski definition) is 3. The van der Waals surface area contributed by atoms with Crippen molar-refractivity contribution < 1.29 is 14.6 Å². The average molecular weight is 244 g/mol. The Morgan fingerprint density at radius 3 is 2.76 bits per heavy atom. The summed E-state index contributed by atoms with van der Waals surface area (Å²) in [7, 11) is 0. The van der Waals surface area contributed by atoms with Gasteiger partial charge in [-0.2, -0.15) is 0 Å². The van der Waals surface area contributed by atoms with Crippen molar-refractivity contribution in [1.82, 2.24) is 10.6 Å². The fraction of sp³-hybridized carbons (Fsp3) is 0.917. The van der Waals surface area contributed by atoms with Crippen molar-refractivity contribution in [1.29, 1.82) is 0 Å². The van der Waals surface area contributed by atoms with Gasteiger partial charge in [0.2, 0.25) is 0 Å². The number of carbonyl (C=O) groups is 1. The molecule has 1 rings (SSSR count). The van der Waals surface area contributed by atoms with E-state index in [0.717, 1.165) is 19.5 Å². The number of rotatable bonds is 3. The van der Waals surface area contributed by atoms with Crippen LogP contribution in [0.4, 0.5) is 4.79 Å². The maximum absolute atomic E-state index is 11.5. The highest BCUT2D eigenvalue weighted by atomic mass is 16.6. The minimum atomic E-state index is -0.467. The van der Waals surface area contributed by atoms with Crippen LogP contribution in [-0.4, -0.2) is 43.0 Å². The fourth-order valence-electron chi connectivity index (χ4n) is 1.99. The van der Waals surface area contributed by atoms with Crippen molar-refractivity contribution >= 4 is 6.09 Å². The van der Waals surface area contributed by atoms with Crippen LogP contribution in [0, 0.1) is 11.8 Å². The van der Waals surface area contributed by atoms with E-state index >= 15 is 0 Å². The Morgan fingerprint density at radius 2 is 2.18 bits per heavy atom. The van der Waals surface area contributed by atoms with Gasteiger partial charge in [-0.25, -0.2) is 4.79 Å². The average Bonchev–Trinajstić information content (AvgIpc) is 2.24. The molecule has 0 aromatic rings. The van der Waals surface area contributed by atoms with Gasteiger partial charge in [0, 0.05) is 13.2 Å². The number of hydrogen-bond acceptors (Lipinski definition) is 4. The molecule has 1 aliphatic heterocycles. The molecule has 1 fully saturated rings. The molecule has 0 radical (unpaired) electrons. The highest BCUT2D eigenvalue weighted by Crippen LogP contribution is 2.17. The quantitative estimate of drug-likeness (QED) is 0.684. The molecule has 17 heavy (non-hydrogen) atoms. The van der Waals surface area contributed by atoms with Crippen molar-refractivity contribution in [2.45, 2.75) is 32.8 Å². The standard InChI is InChI=1S/C12H24N2O3/c1-12(2,3)17-11(16)14-7-10-6-13-5-4-9(10)8-15/h9-10,13,15H,4-8H2,1-3H3,(H,14,16)/t9-,10-/m0/s1. The van der Waals surface area contributed by atoms with Crippen LogP contribution in [0.2, 0.25) is 0 Å². The van der Waals surface area contributed by atoms with Crippen LogP contribution in [0.1, 0.15) is 27.2 Å². The van der Waals surface area contributed by atoms with E-state index in [1.807, 2.05) is 20.8 Å². The highest BCUT2D eigenvalue weighted by Gasteiger charge is 2.25. The molecule has 0 aliphatic carbocycles. The number of ether oxygens (including phenoxy) is 1. The van der Waals surface area contributed by atoms with Crippen LogP contribution in [0.15, 0.2) is 0 Å². The molecule has 0 bridgehead atoms. The lowest BCUT2D eigenvalue weighted by Gasteiger charge is -2.31. The number of nitrogens with one attached hydrogen (secondary N) is 2. The summed E-state index contributed by atoms with van der Waals surface area (Å²) in [5.41, 5.74) is -0.467. The molecule has 100 valence electrons. The summed E-state index contributed by atoms with van der Waals surface area (Å²) >= 11 is 0. The van der Waals surface area contributed by atoms with Gasteiger partial charge in [-0.1, -0.05) is 0 Å². The molecule has 1 saturated heterocycles. The molecule has 0 aromatic heterocycles. The zero-order valence-electron chi connectivity index (χ0n) is 11.0. The molecule has 3 N–H and O–H groups in total. The molecule has 0 aromatic carbocycles. The Bertz CT molecular complexity index is 251. The largest absolute Gasteiger partial charge is 0.444 e. The summed E-state index contributed by atoms with van der Waals surface area (Å²) in [5, 5.41) is 15.3. The second kappa shape index (κ2) is 6.21. The third-order valence-electron chi connectivity index (χ3n) is 2.91. The molecule has 0 unspecified atom stereocenters. The minimum Gasteiger partial charge on any atom is -0.444 e. The Hall–Kier alpha value is -0.810. The second-order valence-corrected chi connectivity index (χ2v) is 5.58. The Kier molecular flexibility index (Phi) is 5.21. The molecule has 1 amide bonds. The molecule has 1 heterocycles. The van der Waals surface area contributed by atoms with Crippen LogP contribution < -0.4 is 10.6 Å². The van der Waals surface area contributed by atoms with Gasteiger partial charge in [0.1, 0.15) is 5.60 Å². The number of alkyl carbamates (subject to hydrolysis) is 1. The maximum Gasteiger partial charge on any atom is 0.407 e. The van der Waals surface area contributed by atoms with Gasteiger partial charge in [0.25, 0.3) is 0 Å². The van der Waals surface area contributed by atoms with Crippen molar-refractivity contribution in [2.75, 3.05) is 26.2 Å². The van der Waals surface area contributed by atoms with E-state index in [-0.39, 0.29) is 24.5 Å². The lowest BCUT2D eigenvalue weighted by atomic mass is 9.87. The second-order valence-electron chi connectivity index (χ2n) is 5.58. The van der Waals surface area contributed by atoms with E-state index < -0.39 is 5.60 Å². The lowest BCUT2D eigenvalue weighted by Crippen LogP contribution is -2.45. The summed E-state index contributed by atoms with van der Waals surface area (Å²) in [4.78, 5) is 11.5. The topological polar surface area (TPSA) is 70.6 Å². The maximum atomic E-state index is 11.5.